The van der Waals surface area contributed by atoms with Crippen molar-refractivity contribution in [2.75, 3.05) is 6.54 Å². The van der Waals surface area contributed by atoms with Crippen LogP contribution < -0.4 is 5.32 Å². The third-order valence-electron chi connectivity index (χ3n) is 2.60. The van der Waals surface area contributed by atoms with Gasteiger partial charge < -0.3 is 10.4 Å². The van der Waals surface area contributed by atoms with Gasteiger partial charge in [0.05, 0.1) is 6.54 Å². The normalized spacial score (nSPS) is 14.4. The number of hydrogen-bond acceptors (Lipinski definition) is 4. The van der Waals surface area contributed by atoms with Crippen molar-refractivity contribution in [1.82, 2.24) is 5.32 Å². The molecule has 2 rings (SSSR count). The van der Waals surface area contributed by atoms with Crippen LogP contribution in [0.4, 0.5) is 0 Å². The van der Waals surface area contributed by atoms with Crippen LogP contribution in [0.25, 0.3) is 6.08 Å². The maximum absolute atomic E-state index is 11.7. The molecule has 5 heteroatoms. The molecule has 0 aliphatic carbocycles. The van der Waals surface area contributed by atoms with Crippen LogP contribution in [-0.2, 0) is 10.4 Å². The van der Waals surface area contributed by atoms with E-state index in [2.05, 4.69) is 5.32 Å². The average Bonchev–Trinajstić information content (AvgIpc) is 3.06. The Morgan fingerprint density at radius 1 is 1.37 bits per heavy atom. The maximum atomic E-state index is 11.7. The lowest BCUT2D eigenvalue weighted by atomic mass is 10.1. The Kier molecular flexibility index (Phi) is 4.52. The van der Waals surface area contributed by atoms with E-state index in [9.17, 15) is 9.90 Å². The highest BCUT2D eigenvalue weighted by Crippen LogP contribution is 2.24. The van der Waals surface area contributed by atoms with Gasteiger partial charge in [-0.2, -0.15) is 0 Å². The van der Waals surface area contributed by atoms with Crippen LogP contribution in [0.15, 0.2) is 41.1 Å². The summed E-state index contributed by atoms with van der Waals surface area (Å²) >= 11 is 3.05. The van der Waals surface area contributed by atoms with E-state index in [1.165, 1.54) is 17.4 Å². The first-order chi connectivity index (χ1) is 9.08. The molecule has 2 aromatic heterocycles. The number of thiophene rings is 2. The molecule has 0 aliphatic heterocycles. The van der Waals surface area contributed by atoms with Crippen molar-refractivity contribution in [2.45, 2.75) is 12.5 Å². The quantitative estimate of drug-likeness (QED) is 0.833. The lowest BCUT2D eigenvalue weighted by molar-refractivity contribution is -0.117. The molecule has 2 N–H and O–H groups in total. The molecular formula is C14H15NO2S2. The summed E-state index contributed by atoms with van der Waals surface area (Å²) in [4.78, 5) is 13.5. The third kappa shape index (κ3) is 4.02. The van der Waals surface area contributed by atoms with E-state index in [0.717, 1.165) is 9.75 Å². The van der Waals surface area contributed by atoms with Crippen molar-refractivity contribution in [3.63, 3.8) is 0 Å². The van der Waals surface area contributed by atoms with Gasteiger partial charge in [-0.3, -0.25) is 4.79 Å². The Bertz CT molecular complexity index is 542. The van der Waals surface area contributed by atoms with Gasteiger partial charge in [0.2, 0.25) is 5.91 Å². The second kappa shape index (κ2) is 6.14. The fourth-order valence-electron chi connectivity index (χ4n) is 1.53. The first-order valence-electron chi connectivity index (χ1n) is 5.84. The van der Waals surface area contributed by atoms with Crippen LogP contribution in [0.5, 0.6) is 0 Å². The average molecular weight is 293 g/mol. The molecular weight excluding hydrogens is 278 g/mol. The van der Waals surface area contributed by atoms with E-state index >= 15 is 0 Å². The Hall–Kier alpha value is -1.43. The van der Waals surface area contributed by atoms with E-state index in [-0.39, 0.29) is 12.5 Å². The molecule has 2 heterocycles. The molecule has 3 nitrogen and oxygen atoms in total. The second-order valence-corrected chi connectivity index (χ2v) is 6.24. The molecule has 0 bridgehead atoms. The van der Waals surface area contributed by atoms with Crippen LogP contribution in [0.1, 0.15) is 16.7 Å². The minimum Gasteiger partial charge on any atom is -0.383 e. The minimum atomic E-state index is -1.03. The molecule has 0 saturated heterocycles. The predicted octanol–water partition coefficient (Wildman–Crippen LogP) is 2.85. The molecule has 0 fully saturated rings. The lowest BCUT2D eigenvalue weighted by Crippen LogP contribution is -2.37. The fourth-order valence-corrected chi connectivity index (χ4v) is 2.94. The van der Waals surface area contributed by atoms with E-state index in [1.54, 1.807) is 24.3 Å². The van der Waals surface area contributed by atoms with E-state index in [1.807, 2.05) is 35.0 Å². The summed E-state index contributed by atoms with van der Waals surface area (Å²) < 4.78 is 0. The van der Waals surface area contributed by atoms with E-state index < -0.39 is 5.60 Å². The van der Waals surface area contributed by atoms with Crippen molar-refractivity contribution in [3.8, 4) is 0 Å². The molecule has 0 aliphatic rings. The van der Waals surface area contributed by atoms with Gasteiger partial charge in [-0.15, -0.1) is 22.7 Å². The highest BCUT2D eigenvalue weighted by atomic mass is 32.1. The number of carbonyl (C=O) groups excluding carboxylic acids is 1. The van der Waals surface area contributed by atoms with Gasteiger partial charge in [0.15, 0.2) is 0 Å². The summed E-state index contributed by atoms with van der Waals surface area (Å²) in [5.74, 6) is -0.203. The van der Waals surface area contributed by atoms with Gasteiger partial charge in [-0.1, -0.05) is 12.1 Å². The molecule has 2 aromatic rings. The molecule has 0 aromatic carbocycles. The summed E-state index contributed by atoms with van der Waals surface area (Å²) in [6.45, 7) is 1.89. The topological polar surface area (TPSA) is 49.3 Å². The molecule has 0 spiro atoms. The van der Waals surface area contributed by atoms with Gasteiger partial charge in [0.1, 0.15) is 5.60 Å². The first kappa shape index (κ1) is 14.0. The van der Waals surface area contributed by atoms with Gasteiger partial charge in [0.25, 0.3) is 0 Å². The zero-order valence-corrected chi connectivity index (χ0v) is 12.1. The van der Waals surface area contributed by atoms with Crippen molar-refractivity contribution in [2.24, 2.45) is 0 Å². The number of nitrogens with one attached hydrogen (secondary N) is 1. The van der Waals surface area contributed by atoms with Crippen LogP contribution in [0.3, 0.4) is 0 Å². The Morgan fingerprint density at radius 2 is 2.11 bits per heavy atom. The monoisotopic (exact) mass is 293 g/mol. The number of hydrogen-bond donors (Lipinski definition) is 2. The van der Waals surface area contributed by atoms with Crippen LogP contribution in [-0.4, -0.2) is 17.6 Å². The Labute approximate surface area is 120 Å². The molecule has 0 radical (unpaired) electrons. The zero-order chi connectivity index (χ0) is 13.7. The highest BCUT2D eigenvalue weighted by Gasteiger charge is 2.24. The summed E-state index contributed by atoms with van der Waals surface area (Å²) in [5, 5.41) is 16.8. The van der Waals surface area contributed by atoms with Gasteiger partial charge in [0, 0.05) is 15.8 Å². The summed E-state index contributed by atoms with van der Waals surface area (Å²) in [6.07, 6.45) is 3.25. The van der Waals surface area contributed by atoms with Crippen LogP contribution >= 0.6 is 22.7 Å². The number of rotatable bonds is 5. The third-order valence-corrected chi connectivity index (χ3v) is 4.56. The lowest BCUT2D eigenvalue weighted by Gasteiger charge is -2.21. The van der Waals surface area contributed by atoms with Crippen molar-refractivity contribution >= 4 is 34.7 Å². The maximum Gasteiger partial charge on any atom is 0.244 e. The predicted molar refractivity (Wildman–Crippen MR) is 80.3 cm³/mol. The SMILES string of the molecule is CC(O)(CNC(=O)C=Cc1cccs1)c1cccs1. The minimum absolute atomic E-state index is 0.196. The Morgan fingerprint density at radius 3 is 2.74 bits per heavy atom. The smallest absolute Gasteiger partial charge is 0.244 e. The van der Waals surface area contributed by atoms with E-state index in [4.69, 9.17) is 0 Å². The first-order valence-corrected chi connectivity index (χ1v) is 7.60. The van der Waals surface area contributed by atoms with Crippen LogP contribution in [0, 0.1) is 0 Å². The molecule has 1 amide bonds. The summed E-state index contributed by atoms with van der Waals surface area (Å²) in [5.41, 5.74) is -1.03. The van der Waals surface area contributed by atoms with Gasteiger partial charge in [-0.25, -0.2) is 0 Å². The van der Waals surface area contributed by atoms with Crippen molar-refractivity contribution in [3.05, 3.63) is 50.9 Å². The van der Waals surface area contributed by atoms with Crippen molar-refractivity contribution in [1.29, 1.82) is 0 Å². The molecule has 1 atom stereocenters. The summed E-state index contributed by atoms with van der Waals surface area (Å²) in [7, 11) is 0. The largest absolute Gasteiger partial charge is 0.383 e. The van der Waals surface area contributed by atoms with E-state index in [0.29, 0.717) is 0 Å². The molecule has 0 saturated carbocycles. The number of aliphatic hydroxyl groups is 1. The zero-order valence-electron chi connectivity index (χ0n) is 10.5. The standard InChI is InChI=1S/C14H15NO2S2/c1-14(17,12-5-3-9-19-12)10-15-13(16)7-6-11-4-2-8-18-11/h2-9,17H,10H2,1H3,(H,15,16). The molecule has 1 unspecified atom stereocenters. The summed E-state index contributed by atoms with van der Waals surface area (Å²) in [6, 6.07) is 7.62. The number of carbonyl (C=O) groups is 1. The fraction of sp³-hybridized carbons (Fsp3) is 0.214. The number of amides is 1. The van der Waals surface area contributed by atoms with Crippen molar-refractivity contribution < 1.29 is 9.90 Å². The van der Waals surface area contributed by atoms with Crippen LogP contribution in [0.2, 0.25) is 0 Å². The molecule has 19 heavy (non-hydrogen) atoms. The Balaban J connectivity index is 1.87. The van der Waals surface area contributed by atoms with Gasteiger partial charge >= 0.3 is 0 Å². The van der Waals surface area contributed by atoms with Gasteiger partial charge in [-0.05, 0) is 35.9 Å². The molecule has 100 valence electrons. The second-order valence-electron chi connectivity index (χ2n) is 4.32. The highest BCUT2D eigenvalue weighted by molar-refractivity contribution is 7.10.